The molecule has 6 nitrogen and oxygen atoms in total. The molecular formula is C14H21N3O3S. The van der Waals surface area contributed by atoms with E-state index in [1.54, 1.807) is 0 Å². The summed E-state index contributed by atoms with van der Waals surface area (Å²) in [7, 11) is 0. The van der Waals surface area contributed by atoms with Crippen LogP contribution in [-0.2, 0) is 4.79 Å². The minimum absolute atomic E-state index is 0.465. The van der Waals surface area contributed by atoms with E-state index in [4.69, 9.17) is 0 Å². The van der Waals surface area contributed by atoms with E-state index in [0.29, 0.717) is 23.9 Å². The third-order valence-corrected chi connectivity index (χ3v) is 5.13. The zero-order valence-electron chi connectivity index (χ0n) is 12.5. The number of aromatic nitrogens is 1. The topological polar surface area (TPSA) is 91.3 Å². The van der Waals surface area contributed by atoms with Crippen molar-refractivity contribution in [1.82, 2.24) is 10.3 Å². The zero-order chi connectivity index (χ0) is 15.6. The molecule has 0 aliphatic heterocycles. The second-order valence-corrected chi connectivity index (χ2v) is 7.01. The predicted octanol–water partition coefficient (Wildman–Crippen LogP) is 2.91. The van der Waals surface area contributed by atoms with E-state index in [1.165, 1.54) is 11.3 Å². The summed E-state index contributed by atoms with van der Waals surface area (Å²) < 4.78 is 0. The summed E-state index contributed by atoms with van der Waals surface area (Å²) in [6, 6.07) is -0.499. The predicted molar refractivity (Wildman–Crippen MR) is 81.7 cm³/mol. The Balaban J connectivity index is 2.03. The Bertz CT molecular complexity index is 528. The Morgan fingerprint density at radius 1 is 1.33 bits per heavy atom. The fourth-order valence-electron chi connectivity index (χ4n) is 2.52. The Morgan fingerprint density at radius 3 is 2.43 bits per heavy atom. The first-order valence-electron chi connectivity index (χ1n) is 7.09. The molecular weight excluding hydrogens is 290 g/mol. The SMILES string of the molecule is Cc1nc(NC(=O)NC2(C(=O)O)CCC(C)CC2)sc1C. The van der Waals surface area contributed by atoms with Gasteiger partial charge < -0.3 is 10.4 Å². The Morgan fingerprint density at radius 2 is 1.95 bits per heavy atom. The van der Waals surface area contributed by atoms with Crippen molar-refractivity contribution in [2.75, 3.05) is 5.32 Å². The van der Waals surface area contributed by atoms with Crippen LogP contribution in [0.5, 0.6) is 0 Å². The van der Waals surface area contributed by atoms with Gasteiger partial charge in [-0.2, -0.15) is 0 Å². The molecule has 3 N–H and O–H groups in total. The monoisotopic (exact) mass is 311 g/mol. The summed E-state index contributed by atoms with van der Waals surface area (Å²) in [5.41, 5.74) is -0.285. The molecule has 0 spiro atoms. The Kier molecular flexibility index (Phi) is 4.51. The number of rotatable bonds is 3. The number of aryl methyl sites for hydroxylation is 2. The van der Waals surface area contributed by atoms with Crippen molar-refractivity contribution in [3.05, 3.63) is 10.6 Å². The molecule has 1 aliphatic carbocycles. The molecule has 1 aromatic heterocycles. The molecule has 1 saturated carbocycles. The van der Waals surface area contributed by atoms with Crippen molar-refractivity contribution in [3.8, 4) is 0 Å². The van der Waals surface area contributed by atoms with E-state index in [9.17, 15) is 14.7 Å². The molecule has 2 amide bonds. The fourth-order valence-corrected chi connectivity index (χ4v) is 3.33. The lowest BCUT2D eigenvalue weighted by molar-refractivity contribution is -0.146. The van der Waals surface area contributed by atoms with Crippen molar-refractivity contribution >= 4 is 28.5 Å². The van der Waals surface area contributed by atoms with Crippen LogP contribution in [0.15, 0.2) is 0 Å². The zero-order valence-corrected chi connectivity index (χ0v) is 13.3. The Labute approximate surface area is 128 Å². The Hall–Kier alpha value is -1.63. The fraction of sp³-hybridized carbons (Fsp3) is 0.643. The van der Waals surface area contributed by atoms with Crippen LogP contribution in [0.4, 0.5) is 9.93 Å². The van der Waals surface area contributed by atoms with E-state index in [-0.39, 0.29) is 0 Å². The van der Waals surface area contributed by atoms with Crippen LogP contribution >= 0.6 is 11.3 Å². The molecule has 0 unspecified atom stereocenters. The van der Waals surface area contributed by atoms with Crippen LogP contribution in [-0.4, -0.2) is 27.6 Å². The molecule has 1 aliphatic rings. The molecule has 1 aromatic rings. The number of carboxylic acids is 1. The van der Waals surface area contributed by atoms with Gasteiger partial charge in [-0.1, -0.05) is 6.92 Å². The maximum atomic E-state index is 12.1. The van der Waals surface area contributed by atoms with Crippen molar-refractivity contribution in [2.24, 2.45) is 5.92 Å². The van der Waals surface area contributed by atoms with Gasteiger partial charge in [-0.15, -0.1) is 11.3 Å². The van der Waals surface area contributed by atoms with E-state index >= 15 is 0 Å². The van der Waals surface area contributed by atoms with Gasteiger partial charge >= 0.3 is 12.0 Å². The maximum absolute atomic E-state index is 12.1. The first-order chi connectivity index (χ1) is 9.82. The smallest absolute Gasteiger partial charge is 0.329 e. The number of carboxylic acid groups (broad SMARTS) is 1. The van der Waals surface area contributed by atoms with E-state index in [0.717, 1.165) is 23.4 Å². The van der Waals surface area contributed by atoms with Gasteiger partial charge in [0.15, 0.2) is 5.13 Å². The second kappa shape index (κ2) is 6.01. The highest BCUT2D eigenvalue weighted by atomic mass is 32.1. The second-order valence-electron chi connectivity index (χ2n) is 5.81. The number of amides is 2. The number of carbonyl (C=O) groups excluding carboxylic acids is 1. The number of aliphatic carboxylic acids is 1. The summed E-state index contributed by atoms with van der Waals surface area (Å²) in [6.07, 6.45) is 2.55. The minimum atomic E-state index is -1.15. The third-order valence-electron chi connectivity index (χ3n) is 4.14. The van der Waals surface area contributed by atoms with Crippen LogP contribution in [0.1, 0.15) is 43.2 Å². The van der Waals surface area contributed by atoms with Gasteiger partial charge in [0.05, 0.1) is 5.69 Å². The molecule has 0 aromatic carbocycles. The van der Waals surface area contributed by atoms with Crippen molar-refractivity contribution in [2.45, 2.75) is 52.0 Å². The van der Waals surface area contributed by atoms with Crippen molar-refractivity contribution < 1.29 is 14.7 Å². The van der Waals surface area contributed by atoms with E-state index in [2.05, 4.69) is 22.5 Å². The van der Waals surface area contributed by atoms with Gasteiger partial charge in [0.25, 0.3) is 0 Å². The van der Waals surface area contributed by atoms with Crippen LogP contribution in [0.2, 0.25) is 0 Å². The lowest BCUT2D eigenvalue weighted by Crippen LogP contribution is -2.57. The molecule has 0 atom stereocenters. The molecule has 116 valence electrons. The van der Waals surface area contributed by atoms with Crippen LogP contribution in [0.3, 0.4) is 0 Å². The molecule has 2 rings (SSSR count). The molecule has 0 saturated heterocycles. The maximum Gasteiger partial charge on any atom is 0.329 e. The van der Waals surface area contributed by atoms with Gasteiger partial charge in [-0.3, -0.25) is 5.32 Å². The van der Waals surface area contributed by atoms with Gasteiger partial charge in [0, 0.05) is 4.88 Å². The molecule has 0 bridgehead atoms. The molecule has 7 heteroatoms. The average molecular weight is 311 g/mol. The number of hydrogen-bond acceptors (Lipinski definition) is 4. The summed E-state index contributed by atoms with van der Waals surface area (Å²) >= 11 is 1.38. The summed E-state index contributed by atoms with van der Waals surface area (Å²) in [5, 5.41) is 15.3. The normalized spacial score (nSPS) is 25.4. The molecule has 1 heterocycles. The quantitative estimate of drug-likeness (QED) is 0.800. The minimum Gasteiger partial charge on any atom is -0.480 e. The van der Waals surface area contributed by atoms with E-state index in [1.807, 2.05) is 13.8 Å². The third kappa shape index (κ3) is 3.53. The van der Waals surface area contributed by atoms with Gasteiger partial charge in [0.2, 0.25) is 0 Å². The van der Waals surface area contributed by atoms with Crippen LogP contribution < -0.4 is 10.6 Å². The largest absolute Gasteiger partial charge is 0.480 e. The number of urea groups is 1. The summed E-state index contributed by atoms with van der Waals surface area (Å²) in [6.45, 7) is 5.90. The standard InChI is InChI=1S/C14H21N3O3S/c1-8-4-6-14(7-5-8,11(18)19)17-12(20)16-13-15-9(2)10(3)21-13/h8H,4-7H2,1-3H3,(H,18,19)(H2,15,16,17,20). The van der Waals surface area contributed by atoms with Gasteiger partial charge in [-0.05, 0) is 45.4 Å². The van der Waals surface area contributed by atoms with Crippen molar-refractivity contribution in [3.63, 3.8) is 0 Å². The number of anilines is 1. The average Bonchev–Trinajstić information content (AvgIpc) is 2.70. The number of nitrogens with one attached hydrogen (secondary N) is 2. The first-order valence-corrected chi connectivity index (χ1v) is 7.90. The van der Waals surface area contributed by atoms with Gasteiger partial charge in [-0.25, -0.2) is 14.6 Å². The van der Waals surface area contributed by atoms with Gasteiger partial charge in [0.1, 0.15) is 5.54 Å². The highest BCUT2D eigenvalue weighted by Crippen LogP contribution is 2.32. The van der Waals surface area contributed by atoms with Crippen molar-refractivity contribution in [1.29, 1.82) is 0 Å². The van der Waals surface area contributed by atoms with E-state index < -0.39 is 17.5 Å². The number of hydrogen-bond donors (Lipinski definition) is 3. The lowest BCUT2D eigenvalue weighted by Gasteiger charge is -2.36. The number of nitrogens with zero attached hydrogens (tertiary/aromatic N) is 1. The molecule has 0 radical (unpaired) electrons. The number of thiazole rings is 1. The summed E-state index contributed by atoms with van der Waals surface area (Å²) in [5.74, 6) is -0.456. The first kappa shape index (κ1) is 15.8. The lowest BCUT2D eigenvalue weighted by atomic mass is 9.77. The van der Waals surface area contributed by atoms with Crippen LogP contribution in [0, 0.1) is 19.8 Å². The highest BCUT2D eigenvalue weighted by molar-refractivity contribution is 7.15. The highest BCUT2D eigenvalue weighted by Gasteiger charge is 2.42. The molecule has 21 heavy (non-hydrogen) atoms. The summed E-state index contributed by atoms with van der Waals surface area (Å²) in [4.78, 5) is 28.9. The molecule has 1 fully saturated rings. The number of carbonyl (C=O) groups is 2. The van der Waals surface area contributed by atoms with Crippen LogP contribution in [0.25, 0.3) is 0 Å².